The van der Waals surface area contributed by atoms with Crippen molar-refractivity contribution < 1.29 is 4.74 Å². The summed E-state index contributed by atoms with van der Waals surface area (Å²) in [7, 11) is 1.75. The number of rotatable bonds is 3. The van der Waals surface area contributed by atoms with Crippen molar-refractivity contribution in [1.82, 2.24) is 0 Å². The molecule has 2 atom stereocenters. The molecule has 0 amide bonds. The number of hydrogen-bond donors (Lipinski definition) is 1. The Morgan fingerprint density at radius 3 is 2.62 bits per heavy atom. The Morgan fingerprint density at radius 1 is 1.29 bits per heavy atom. The SMILES string of the molecule is COc1ccc(C)cc1CC1(N)CCCCC1C(C)(C)C. The van der Waals surface area contributed by atoms with Gasteiger partial charge in [-0.25, -0.2) is 0 Å². The average molecular weight is 289 g/mol. The molecule has 0 aromatic heterocycles. The number of hydrogen-bond acceptors (Lipinski definition) is 2. The summed E-state index contributed by atoms with van der Waals surface area (Å²) in [5.41, 5.74) is 9.62. The summed E-state index contributed by atoms with van der Waals surface area (Å²) in [5, 5.41) is 0. The van der Waals surface area contributed by atoms with Crippen LogP contribution in [0.5, 0.6) is 5.75 Å². The van der Waals surface area contributed by atoms with Crippen LogP contribution in [0.4, 0.5) is 0 Å². The molecule has 1 fully saturated rings. The zero-order valence-corrected chi connectivity index (χ0v) is 14.3. The predicted octanol–water partition coefficient (Wildman–Crippen LogP) is 4.48. The number of methoxy groups -OCH3 is 1. The molecule has 0 heterocycles. The van der Waals surface area contributed by atoms with E-state index in [1.807, 2.05) is 0 Å². The molecule has 2 heteroatoms. The fraction of sp³-hybridized carbons (Fsp3) is 0.684. The van der Waals surface area contributed by atoms with Crippen LogP contribution in [0.15, 0.2) is 18.2 Å². The quantitative estimate of drug-likeness (QED) is 0.890. The van der Waals surface area contributed by atoms with Gasteiger partial charge in [0.1, 0.15) is 5.75 Å². The molecule has 0 saturated heterocycles. The third kappa shape index (κ3) is 3.60. The summed E-state index contributed by atoms with van der Waals surface area (Å²) in [4.78, 5) is 0. The minimum atomic E-state index is -0.114. The van der Waals surface area contributed by atoms with Crippen LogP contribution in [-0.4, -0.2) is 12.6 Å². The highest BCUT2D eigenvalue weighted by Gasteiger charge is 2.43. The zero-order chi connectivity index (χ0) is 15.7. The van der Waals surface area contributed by atoms with Gasteiger partial charge in [-0.1, -0.05) is 51.3 Å². The van der Waals surface area contributed by atoms with E-state index >= 15 is 0 Å². The number of benzene rings is 1. The number of ether oxygens (including phenoxy) is 1. The van der Waals surface area contributed by atoms with Gasteiger partial charge in [0.15, 0.2) is 0 Å². The average Bonchev–Trinajstić information content (AvgIpc) is 2.37. The highest BCUT2D eigenvalue weighted by molar-refractivity contribution is 5.38. The van der Waals surface area contributed by atoms with Gasteiger partial charge in [0.2, 0.25) is 0 Å². The van der Waals surface area contributed by atoms with E-state index in [-0.39, 0.29) is 11.0 Å². The molecule has 1 aliphatic rings. The van der Waals surface area contributed by atoms with Crippen molar-refractivity contribution in [3.8, 4) is 5.75 Å². The Kier molecular flexibility index (Phi) is 4.67. The summed E-state index contributed by atoms with van der Waals surface area (Å²) in [6.07, 6.45) is 5.84. The number of nitrogens with two attached hydrogens (primary N) is 1. The van der Waals surface area contributed by atoms with Crippen LogP contribution in [0.2, 0.25) is 0 Å². The fourth-order valence-corrected chi connectivity index (χ4v) is 4.17. The maximum Gasteiger partial charge on any atom is 0.122 e. The van der Waals surface area contributed by atoms with Crippen LogP contribution < -0.4 is 10.5 Å². The van der Waals surface area contributed by atoms with E-state index in [0.717, 1.165) is 18.6 Å². The van der Waals surface area contributed by atoms with Gasteiger partial charge in [0.25, 0.3) is 0 Å². The molecule has 2 N–H and O–H groups in total. The first-order valence-electron chi connectivity index (χ1n) is 8.19. The second kappa shape index (κ2) is 6.00. The Balaban J connectivity index is 2.32. The maximum absolute atomic E-state index is 6.94. The van der Waals surface area contributed by atoms with Crippen molar-refractivity contribution in [3.05, 3.63) is 29.3 Å². The summed E-state index contributed by atoms with van der Waals surface area (Å²) < 4.78 is 5.55. The molecule has 2 rings (SSSR count). The second-order valence-electron chi connectivity index (χ2n) is 7.89. The minimum absolute atomic E-state index is 0.114. The minimum Gasteiger partial charge on any atom is -0.496 e. The largest absolute Gasteiger partial charge is 0.496 e. The molecular formula is C19H31NO. The second-order valence-corrected chi connectivity index (χ2v) is 7.89. The molecule has 0 radical (unpaired) electrons. The van der Waals surface area contributed by atoms with Gasteiger partial charge >= 0.3 is 0 Å². The lowest BCUT2D eigenvalue weighted by Gasteiger charge is -2.48. The molecular weight excluding hydrogens is 258 g/mol. The van der Waals surface area contributed by atoms with Crippen molar-refractivity contribution in [2.45, 2.75) is 65.3 Å². The van der Waals surface area contributed by atoms with Crippen molar-refractivity contribution in [2.24, 2.45) is 17.1 Å². The molecule has 2 nitrogen and oxygen atoms in total. The smallest absolute Gasteiger partial charge is 0.122 e. The van der Waals surface area contributed by atoms with E-state index in [2.05, 4.69) is 45.9 Å². The lowest BCUT2D eigenvalue weighted by molar-refractivity contribution is 0.0788. The van der Waals surface area contributed by atoms with E-state index in [1.54, 1.807) is 7.11 Å². The van der Waals surface area contributed by atoms with E-state index < -0.39 is 0 Å². The van der Waals surface area contributed by atoms with Crippen LogP contribution in [-0.2, 0) is 6.42 Å². The van der Waals surface area contributed by atoms with Gasteiger partial charge in [-0.15, -0.1) is 0 Å². The lowest BCUT2D eigenvalue weighted by Crippen LogP contribution is -2.55. The van der Waals surface area contributed by atoms with Gasteiger partial charge in [0, 0.05) is 5.54 Å². The summed E-state index contributed by atoms with van der Waals surface area (Å²) in [5.74, 6) is 1.53. The van der Waals surface area contributed by atoms with Crippen LogP contribution >= 0.6 is 0 Å². The fourth-order valence-electron chi connectivity index (χ4n) is 4.17. The normalized spacial score (nSPS) is 26.7. The Morgan fingerprint density at radius 2 is 2.00 bits per heavy atom. The van der Waals surface area contributed by atoms with Crippen LogP contribution in [0, 0.1) is 18.3 Å². The molecule has 1 aliphatic carbocycles. The molecule has 118 valence electrons. The Labute approximate surface area is 130 Å². The summed E-state index contributed by atoms with van der Waals surface area (Å²) >= 11 is 0. The van der Waals surface area contributed by atoms with E-state index in [9.17, 15) is 0 Å². The molecule has 2 unspecified atom stereocenters. The van der Waals surface area contributed by atoms with E-state index in [0.29, 0.717) is 5.92 Å². The van der Waals surface area contributed by atoms with Gasteiger partial charge in [-0.05, 0) is 49.1 Å². The molecule has 1 aromatic carbocycles. The van der Waals surface area contributed by atoms with Crippen molar-refractivity contribution >= 4 is 0 Å². The Hall–Kier alpha value is -1.02. The number of aryl methyl sites for hydroxylation is 1. The first-order chi connectivity index (χ1) is 9.76. The van der Waals surface area contributed by atoms with Gasteiger partial charge in [-0.3, -0.25) is 0 Å². The summed E-state index contributed by atoms with van der Waals surface area (Å²) in [6, 6.07) is 6.42. The van der Waals surface area contributed by atoms with E-state index in [1.165, 1.54) is 30.4 Å². The molecule has 1 aromatic rings. The molecule has 0 spiro atoms. The summed E-state index contributed by atoms with van der Waals surface area (Å²) in [6.45, 7) is 9.13. The standard InChI is InChI=1S/C19H31NO/c1-14-9-10-16(21-5)15(12-14)13-19(20)11-7-6-8-17(19)18(2,3)4/h9-10,12,17H,6-8,11,13,20H2,1-5H3. The first kappa shape index (κ1) is 16.4. The zero-order valence-electron chi connectivity index (χ0n) is 14.3. The van der Waals surface area contributed by atoms with Crippen molar-refractivity contribution in [1.29, 1.82) is 0 Å². The Bertz CT molecular complexity index is 489. The topological polar surface area (TPSA) is 35.2 Å². The third-order valence-electron chi connectivity index (χ3n) is 5.08. The molecule has 0 aliphatic heterocycles. The molecule has 1 saturated carbocycles. The van der Waals surface area contributed by atoms with Crippen molar-refractivity contribution in [2.75, 3.05) is 7.11 Å². The van der Waals surface area contributed by atoms with Gasteiger partial charge < -0.3 is 10.5 Å². The highest BCUT2D eigenvalue weighted by atomic mass is 16.5. The van der Waals surface area contributed by atoms with Crippen LogP contribution in [0.3, 0.4) is 0 Å². The van der Waals surface area contributed by atoms with Gasteiger partial charge in [0.05, 0.1) is 7.11 Å². The maximum atomic E-state index is 6.94. The first-order valence-corrected chi connectivity index (χ1v) is 8.19. The predicted molar refractivity (Wildman–Crippen MR) is 89.8 cm³/mol. The van der Waals surface area contributed by atoms with Crippen LogP contribution in [0.25, 0.3) is 0 Å². The van der Waals surface area contributed by atoms with E-state index in [4.69, 9.17) is 10.5 Å². The monoisotopic (exact) mass is 289 g/mol. The molecule has 0 bridgehead atoms. The highest BCUT2D eigenvalue weighted by Crippen LogP contribution is 2.45. The lowest BCUT2D eigenvalue weighted by atomic mass is 9.60. The third-order valence-corrected chi connectivity index (χ3v) is 5.08. The molecule has 21 heavy (non-hydrogen) atoms. The van der Waals surface area contributed by atoms with Crippen molar-refractivity contribution in [3.63, 3.8) is 0 Å². The van der Waals surface area contributed by atoms with Gasteiger partial charge in [-0.2, -0.15) is 0 Å². The van der Waals surface area contributed by atoms with Crippen LogP contribution in [0.1, 0.15) is 57.6 Å².